The van der Waals surface area contributed by atoms with Crippen LogP contribution < -0.4 is 5.32 Å². The molecule has 1 aliphatic carbocycles. The van der Waals surface area contributed by atoms with Crippen LogP contribution in [0.4, 0.5) is 0 Å². The van der Waals surface area contributed by atoms with Crippen molar-refractivity contribution < 1.29 is 14.4 Å². The highest BCUT2D eigenvalue weighted by Gasteiger charge is 2.43. The van der Waals surface area contributed by atoms with Crippen LogP contribution >= 0.6 is 0 Å². The first kappa shape index (κ1) is 18.4. The van der Waals surface area contributed by atoms with Crippen molar-refractivity contribution in [2.45, 2.75) is 31.7 Å². The highest BCUT2D eigenvalue weighted by Crippen LogP contribution is 2.41. The Bertz CT molecular complexity index is 909. The number of amides is 2. The smallest absolute Gasteiger partial charge is 0.290 e. The van der Waals surface area contributed by atoms with E-state index in [-0.39, 0.29) is 18.5 Å². The van der Waals surface area contributed by atoms with Gasteiger partial charge in [-0.3, -0.25) is 14.4 Å². The van der Waals surface area contributed by atoms with Gasteiger partial charge >= 0.3 is 0 Å². The summed E-state index contributed by atoms with van der Waals surface area (Å²) in [5, 5.41) is 3.05. The lowest BCUT2D eigenvalue weighted by Crippen LogP contribution is -2.39. The van der Waals surface area contributed by atoms with Crippen molar-refractivity contribution in [3.63, 3.8) is 0 Å². The number of rotatable bonds is 4. The third kappa shape index (κ3) is 3.21. The van der Waals surface area contributed by atoms with Crippen molar-refractivity contribution in [2.75, 3.05) is 13.1 Å². The molecule has 5 nitrogen and oxygen atoms in total. The van der Waals surface area contributed by atoms with Gasteiger partial charge in [-0.15, -0.1) is 0 Å². The number of hydrogen-bond acceptors (Lipinski definition) is 3. The molecule has 3 atom stereocenters. The van der Waals surface area contributed by atoms with Crippen LogP contribution in [-0.4, -0.2) is 35.6 Å². The van der Waals surface area contributed by atoms with Gasteiger partial charge in [0, 0.05) is 19.0 Å². The van der Waals surface area contributed by atoms with Crippen molar-refractivity contribution in [1.29, 1.82) is 0 Å². The van der Waals surface area contributed by atoms with E-state index in [1.165, 1.54) is 16.0 Å². The second-order valence-corrected chi connectivity index (χ2v) is 7.49. The molecule has 5 heteroatoms. The Morgan fingerprint density at radius 1 is 1.00 bits per heavy atom. The monoisotopic (exact) mass is 376 g/mol. The van der Waals surface area contributed by atoms with E-state index in [1.54, 1.807) is 0 Å². The molecule has 2 aliphatic rings. The number of Topliss-reactive ketones (excluding diaryl/α,β-unsaturated/α-hetero) is 1. The molecule has 4 rings (SSSR count). The van der Waals surface area contributed by atoms with Crippen LogP contribution in [-0.2, 0) is 14.4 Å². The maximum Gasteiger partial charge on any atom is 0.290 e. The quantitative estimate of drug-likeness (QED) is 0.659. The number of likely N-dealkylation sites (tertiary alicyclic amines) is 1. The minimum absolute atomic E-state index is 0.137. The SMILES string of the molecule is CCN1CC(C(=O)N[C@@H]2CCC(c3ccccc3)c3ccccc32)C(=O)C1=O. The Hall–Kier alpha value is -2.95. The highest BCUT2D eigenvalue weighted by molar-refractivity contribution is 6.42. The van der Waals surface area contributed by atoms with Crippen molar-refractivity contribution >= 4 is 17.6 Å². The van der Waals surface area contributed by atoms with Crippen LogP contribution in [0.25, 0.3) is 0 Å². The molecule has 1 heterocycles. The molecule has 144 valence electrons. The molecular formula is C23H24N2O3. The van der Waals surface area contributed by atoms with Gasteiger partial charge in [0.05, 0.1) is 6.04 Å². The number of likely N-dealkylation sites (N-methyl/N-ethyl adjacent to an activating group) is 1. The lowest BCUT2D eigenvalue weighted by atomic mass is 9.76. The summed E-state index contributed by atoms with van der Waals surface area (Å²) in [6.07, 6.45) is 1.72. The molecule has 1 saturated heterocycles. The lowest BCUT2D eigenvalue weighted by molar-refractivity contribution is -0.142. The van der Waals surface area contributed by atoms with Crippen LogP contribution in [0.3, 0.4) is 0 Å². The van der Waals surface area contributed by atoms with E-state index >= 15 is 0 Å². The van der Waals surface area contributed by atoms with Gasteiger partial charge in [0.15, 0.2) is 0 Å². The number of carbonyl (C=O) groups excluding carboxylic acids is 3. The van der Waals surface area contributed by atoms with Gasteiger partial charge in [0.25, 0.3) is 5.91 Å². The molecule has 0 radical (unpaired) electrons. The highest BCUT2D eigenvalue weighted by atomic mass is 16.2. The van der Waals surface area contributed by atoms with Crippen LogP contribution in [0, 0.1) is 5.92 Å². The van der Waals surface area contributed by atoms with Gasteiger partial charge in [-0.25, -0.2) is 0 Å². The van der Waals surface area contributed by atoms with Crippen LogP contribution in [0.2, 0.25) is 0 Å². The number of ketones is 1. The second kappa shape index (κ2) is 7.58. The summed E-state index contributed by atoms with van der Waals surface area (Å²) < 4.78 is 0. The number of nitrogens with zero attached hydrogens (tertiary/aromatic N) is 1. The zero-order valence-corrected chi connectivity index (χ0v) is 15.9. The summed E-state index contributed by atoms with van der Waals surface area (Å²) in [6.45, 7) is 2.44. The zero-order valence-electron chi connectivity index (χ0n) is 15.9. The number of carbonyl (C=O) groups is 3. The molecule has 1 aliphatic heterocycles. The largest absolute Gasteiger partial charge is 0.349 e. The molecule has 2 amide bonds. The molecule has 0 spiro atoms. The average molecular weight is 376 g/mol. The standard InChI is InChI=1S/C23H24N2O3/c1-2-25-14-19(21(26)23(25)28)22(27)24-20-13-12-16(15-8-4-3-5-9-15)17-10-6-7-11-18(17)20/h3-11,16,19-20H,2,12-14H2,1H3,(H,24,27)/t16?,19?,20-/m1/s1. The van der Waals surface area contributed by atoms with Crippen molar-refractivity contribution in [2.24, 2.45) is 5.92 Å². The Labute approximate surface area is 164 Å². The van der Waals surface area contributed by atoms with Gasteiger partial charge in [-0.2, -0.15) is 0 Å². The van der Waals surface area contributed by atoms with E-state index in [0.717, 1.165) is 18.4 Å². The number of hydrogen-bond donors (Lipinski definition) is 1. The number of benzene rings is 2. The molecule has 0 saturated carbocycles. The topological polar surface area (TPSA) is 66.5 Å². The van der Waals surface area contributed by atoms with Gasteiger partial charge < -0.3 is 10.2 Å². The zero-order chi connectivity index (χ0) is 19.7. The van der Waals surface area contributed by atoms with E-state index in [2.05, 4.69) is 29.6 Å². The molecule has 28 heavy (non-hydrogen) atoms. The molecule has 2 aromatic rings. The fraction of sp³-hybridized carbons (Fsp3) is 0.348. The summed E-state index contributed by atoms with van der Waals surface area (Å²) >= 11 is 0. The fourth-order valence-corrected chi connectivity index (χ4v) is 4.41. The molecule has 0 bridgehead atoms. The first-order valence-electron chi connectivity index (χ1n) is 9.87. The third-order valence-corrected chi connectivity index (χ3v) is 5.92. The summed E-state index contributed by atoms with van der Waals surface area (Å²) in [7, 11) is 0. The molecular weight excluding hydrogens is 352 g/mol. The molecule has 2 unspecified atom stereocenters. The maximum atomic E-state index is 12.8. The van der Waals surface area contributed by atoms with Crippen molar-refractivity contribution in [1.82, 2.24) is 10.2 Å². The van der Waals surface area contributed by atoms with Crippen LogP contribution in [0.5, 0.6) is 0 Å². The third-order valence-electron chi connectivity index (χ3n) is 5.92. The summed E-state index contributed by atoms with van der Waals surface area (Å²) in [5.41, 5.74) is 3.59. The van der Waals surface area contributed by atoms with E-state index < -0.39 is 17.6 Å². The average Bonchev–Trinajstić information content (AvgIpc) is 3.03. The fourth-order valence-electron chi connectivity index (χ4n) is 4.41. The minimum Gasteiger partial charge on any atom is -0.349 e. The first-order chi connectivity index (χ1) is 13.6. The molecule has 2 aromatic carbocycles. The summed E-state index contributed by atoms with van der Waals surface area (Å²) in [5.74, 6) is -2.07. The van der Waals surface area contributed by atoms with E-state index in [4.69, 9.17) is 0 Å². The molecule has 0 aromatic heterocycles. The maximum absolute atomic E-state index is 12.8. The molecule has 1 fully saturated rings. The Balaban J connectivity index is 1.55. The Kier molecular flexibility index (Phi) is 4.99. The number of fused-ring (bicyclic) bond motifs is 1. The van der Waals surface area contributed by atoms with E-state index in [1.807, 2.05) is 37.3 Å². The predicted molar refractivity (Wildman–Crippen MR) is 106 cm³/mol. The number of nitrogens with one attached hydrogen (secondary N) is 1. The molecule has 1 N–H and O–H groups in total. The summed E-state index contributed by atoms with van der Waals surface area (Å²) in [6, 6.07) is 18.4. The van der Waals surface area contributed by atoms with Crippen molar-refractivity contribution in [3.8, 4) is 0 Å². The van der Waals surface area contributed by atoms with Gasteiger partial charge in [0.1, 0.15) is 5.92 Å². The van der Waals surface area contributed by atoms with E-state index in [9.17, 15) is 14.4 Å². The summed E-state index contributed by atoms with van der Waals surface area (Å²) in [4.78, 5) is 38.3. The Morgan fingerprint density at radius 2 is 1.68 bits per heavy atom. The van der Waals surface area contributed by atoms with Crippen molar-refractivity contribution in [3.05, 3.63) is 71.3 Å². The Morgan fingerprint density at radius 3 is 2.36 bits per heavy atom. The van der Waals surface area contributed by atoms with Gasteiger partial charge in [-0.1, -0.05) is 54.6 Å². The second-order valence-electron chi connectivity index (χ2n) is 7.49. The normalized spacial score (nSPS) is 24.2. The van der Waals surface area contributed by atoms with E-state index in [0.29, 0.717) is 12.5 Å². The van der Waals surface area contributed by atoms with Gasteiger partial charge in [-0.05, 0) is 36.5 Å². The van der Waals surface area contributed by atoms with Crippen LogP contribution in [0.1, 0.15) is 48.4 Å². The van der Waals surface area contributed by atoms with Gasteiger partial charge in [0.2, 0.25) is 11.7 Å². The minimum atomic E-state index is -0.897. The predicted octanol–water partition coefficient (Wildman–Crippen LogP) is 2.82. The van der Waals surface area contributed by atoms with Crippen LogP contribution in [0.15, 0.2) is 54.6 Å². The lowest BCUT2D eigenvalue weighted by Gasteiger charge is -2.33. The first-order valence-corrected chi connectivity index (χ1v) is 9.87.